The monoisotopic (exact) mass is 436 g/mol. The zero-order valence-electron chi connectivity index (χ0n) is 16.8. The van der Waals surface area contributed by atoms with E-state index in [1.54, 1.807) is 7.05 Å². The van der Waals surface area contributed by atoms with Crippen LogP contribution in [0.1, 0.15) is 33.3 Å². The third-order valence-corrected chi connectivity index (χ3v) is 2.68. The van der Waals surface area contributed by atoms with Crippen LogP contribution in [-0.2, 0) is 16.1 Å². The van der Waals surface area contributed by atoms with Crippen LogP contribution in [0.2, 0.25) is 0 Å². The van der Waals surface area contributed by atoms with Crippen LogP contribution in [0, 0.1) is 75.5 Å². The van der Waals surface area contributed by atoms with Gasteiger partial charge in [0.05, 0.1) is 13.2 Å². The Morgan fingerprint density at radius 1 is 1.22 bits per heavy atom. The van der Waals surface area contributed by atoms with Crippen LogP contribution < -0.4 is 5.32 Å². The summed E-state index contributed by atoms with van der Waals surface area (Å²) in [5, 5.41) is 10.9. The molecule has 0 aliphatic carbocycles. The van der Waals surface area contributed by atoms with Crippen molar-refractivity contribution < 1.29 is 99.6 Å². The molecule has 7 nitrogen and oxygen atoms in total. The molecule has 160 valence electrons. The third kappa shape index (κ3) is 18.0. The Balaban J connectivity index is -0.000000159. The molecule has 2 amide bonds. The third-order valence-electron chi connectivity index (χ3n) is 2.68. The number of ether oxygens (including phenoxy) is 2. The molecule has 9 heteroatoms. The van der Waals surface area contributed by atoms with Crippen LogP contribution in [0.15, 0.2) is 30.3 Å². The van der Waals surface area contributed by atoms with Gasteiger partial charge in [-0.25, -0.2) is 9.59 Å². The summed E-state index contributed by atoms with van der Waals surface area (Å²) in [7, 11) is 3.17. The van der Waals surface area contributed by atoms with E-state index in [9.17, 15) is 9.59 Å². The average Bonchev–Trinajstić information content (AvgIpc) is 3.02. The second-order valence-electron chi connectivity index (χ2n) is 4.38. The molecule has 2 rings (SSSR count). The van der Waals surface area contributed by atoms with E-state index in [2.05, 4.69) is 10.1 Å². The number of benzene rings is 1. The summed E-state index contributed by atoms with van der Waals surface area (Å²) in [6.07, 6.45) is -1.07. The van der Waals surface area contributed by atoms with E-state index >= 15 is 0 Å². The Morgan fingerprint density at radius 2 is 1.74 bits per heavy atom. The van der Waals surface area contributed by atoms with E-state index in [4.69, 9.17) is 9.84 Å². The number of carbonyl (C=O) groups excluding carboxylic acids is 2. The van der Waals surface area contributed by atoms with Crippen molar-refractivity contribution in [3.63, 3.8) is 0 Å². The number of aliphatic hydroxyl groups is 1. The second-order valence-corrected chi connectivity index (χ2v) is 4.38. The molecular weight excluding hydrogens is 404 g/mol. The number of nitrogens with zero attached hydrogens (tertiary/aromatic N) is 1. The molecule has 0 saturated carbocycles. The van der Waals surface area contributed by atoms with Crippen LogP contribution in [-0.4, -0.2) is 55.5 Å². The van der Waals surface area contributed by atoms with Crippen molar-refractivity contribution in [1.29, 1.82) is 0 Å². The molecule has 0 spiro atoms. The predicted molar refractivity (Wildman–Crippen MR) is 98.4 cm³/mol. The maximum atomic E-state index is 10.7. The number of cyclic esters (lactones) is 1. The summed E-state index contributed by atoms with van der Waals surface area (Å²) in [5.41, 5.74) is 0.987. The fourth-order valence-corrected chi connectivity index (χ4v) is 1.54. The number of rotatable bonds is 3. The molecule has 1 aromatic rings. The summed E-state index contributed by atoms with van der Waals surface area (Å²) in [6, 6.07) is 9.54. The first-order valence-electron chi connectivity index (χ1n) is 8.47. The molecular formula is C18H32Ar2N2O5. The molecule has 1 atom stereocenters. The molecule has 1 heterocycles. The van der Waals surface area contributed by atoms with Gasteiger partial charge in [0.15, 0.2) is 0 Å². The van der Waals surface area contributed by atoms with Crippen LogP contribution in [0.3, 0.4) is 0 Å². The van der Waals surface area contributed by atoms with E-state index in [0.717, 1.165) is 5.56 Å². The van der Waals surface area contributed by atoms with Gasteiger partial charge in [-0.05, 0) is 5.56 Å². The minimum atomic E-state index is -0.404. The van der Waals surface area contributed by atoms with Gasteiger partial charge in [0.1, 0.15) is 12.7 Å². The molecule has 1 aliphatic rings. The molecule has 0 bridgehead atoms. The van der Waals surface area contributed by atoms with Gasteiger partial charge < -0.3 is 24.8 Å². The summed E-state index contributed by atoms with van der Waals surface area (Å²) >= 11 is 0. The fraction of sp³-hybridized carbons (Fsp3) is 0.556. The molecule has 1 unspecified atom stereocenters. The molecule has 1 saturated heterocycles. The van der Waals surface area contributed by atoms with E-state index in [-0.39, 0.29) is 94.3 Å². The van der Waals surface area contributed by atoms with Gasteiger partial charge in [0.2, 0.25) is 0 Å². The van der Waals surface area contributed by atoms with Crippen LogP contribution in [0.4, 0.5) is 9.59 Å². The summed E-state index contributed by atoms with van der Waals surface area (Å²) in [5.74, 6) is 0. The van der Waals surface area contributed by atoms with Gasteiger partial charge in [-0.15, -0.1) is 0 Å². The Bertz CT molecular complexity index is 464. The normalized spacial score (nSPS) is 13.4. The Hall–Kier alpha value is 0.239. The van der Waals surface area contributed by atoms with Crippen molar-refractivity contribution in [3.8, 4) is 0 Å². The van der Waals surface area contributed by atoms with Gasteiger partial charge in [0.25, 0.3) is 0 Å². The van der Waals surface area contributed by atoms with E-state index in [0.29, 0.717) is 13.2 Å². The fourth-order valence-electron chi connectivity index (χ4n) is 1.54. The number of carbonyl (C=O) groups is 2. The number of nitrogens with one attached hydrogen (secondary N) is 1. The van der Waals surface area contributed by atoms with Crippen molar-refractivity contribution in [2.24, 2.45) is 0 Å². The maximum Gasteiger partial charge on any atom is 0.410 e. The largest absolute Gasteiger partial charge is 0.445 e. The van der Waals surface area contributed by atoms with Crippen molar-refractivity contribution in [2.75, 3.05) is 27.2 Å². The molecule has 1 aromatic carbocycles. The van der Waals surface area contributed by atoms with Gasteiger partial charge in [0, 0.05) is 89.6 Å². The van der Waals surface area contributed by atoms with Gasteiger partial charge >= 0.3 is 12.2 Å². The Kier molecular flexibility index (Phi) is 31.2. The summed E-state index contributed by atoms with van der Waals surface area (Å²) in [4.78, 5) is 22.6. The summed E-state index contributed by atoms with van der Waals surface area (Å²) in [6.45, 7) is 8.73. The van der Waals surface area contributed by atoms with Gasteiger partial charge in [-0.1, -0.05) is 58.0 Å². The smallest absolute Gasteiger partial charge is 0.410 e. The number of aliphatic hydroxyl groups excluding tert-OH is 1. The van der Waals surface area contributed by atoms with E-state index in [1.807, 2.05) is 58.0 Å². The number of amides is 2. The zero-order chi connectivity index (χ0) is 19.7. The molecule has 27 heavy (non-hydrogen) atoms. The first-order valence-corrected chi connectivity index (χ1v) is 8.47. The Morgan fingerprint density at radius 3 is 2.07 bits per heavy atom. The van der Waals surface area contributed by atoms with E-state index < -0.39 is 6.09 Å². The van der Waals surface area contributed by atoms with Crippen molar-refractivity contribution in [3.05, 3.63) is 35.9 Å². The standard InChI is InChI=1S/C9H11NO2.C5H9NO3.2C2H6.2Ar/c1-10-9(11)12-7-8-5-3-2-4-6-8;1-6-2-4(3-7)9-5(6)8;2*1-2;;/h2-6H,7H2,1H3,(H,10,11);4,7H,2-3H2,1H3;2*1-2H3;;. The van der Waals surface area contributed by atoms with Crippen LogP contribution >= 0.6 is 0 Å². The molecule has 0 aromatic heterocycles. The van der Waals surface area contributed by atoms with Crippen molar-refractivity contribution >= 4 is 12.2 Å². The Labute approximate surface area is 223 Å². The molecule has 0 radical (unpaired) electrons. The number of hydrogen-bond acceptors (Lipinski definition) is 5. The van der Waals surface area contributed by atoms with Crippen molar-refractivity contribution in [1.82, 2.24) is 10.2 Å². The summed E-state index contributed by atoms with van der Waals surface area (Å²) < 4.78 is 9.49. The molecule has 1 aliphatic heterocycles. The topological polar surface area (TPSA) is 88.1 Å². The average molecular weight is 436 g/mol. The minimum Gasteiger partial charge on any atom is -0.445 e. The SMILES string of the molecule is CC.CC.CN1CC(CO)OC1=O.CNC(=O)OCc1ccccc1.[Ar].[Ar]. The number of likely N-dealkylation sites (N-methyl/N-ethyl adjacent to an activating group) is 1. The van der Waals surface area contributed by atoms with Crippen LogP contribution in [0.25, 0.3) is 0 Å². The molecule has 1 fully saturated rings. The van der Waals surface area contributed by atoms with Crippen molar-refractivity contribution in [2.45, 2.75) is 40.4 Å². The zero-order valence-corrected chi connectivity index (χ0v) is 18.2. The first-order chi connectivity index (χ1) is 12.1. The quantitative estimate of drug-likeness (QED) is 0.761. The first kappa shape index (κ1) is 34.7. The van der Waals surface area contributed by atoms with E-state index in [1.165, 1.54) is 11.9 Å². The predicted octanol–water partition coefficient (Wildman–Crippen LogP) is 3.02. The maximum absolute atomic E-state index is 10.7. The van der Waals surface area contributed by atoms with Gasteiger partial charge in [-0.2, -0.15) is 0 Å². The van der Waals surface area contributed by atoms with Crippen LogP contribution in [0.5, 0.6) is 0 Å². The van der Waals surface area contributed by atoms with Gasteiger partial charge in [-0.3, -0.25) is 0 Å². The molecule has 2 N–H and O–H groups in total. The second kappa shape index (κ2) is 24.3. The number of alkyl carbamates (subject to hydrolysis) is 1. The minimum absolute atomic E-state index is 0. The number of hydrogen-bond donors (Lipinski definition) is 2.